The Morgan fingerprint density at radius 2 is 2.10 bits per heavy atom. The highest BCUT2D eigenvalue weighted by Crippen LogP contribution is 2.33. The first kappa shape index (κ1) is 14.6. The lowest BCUT2D eigenvalue weighted by Gasteiger charge is -2.19. The van der Waals surface area contributed by atoms with E-state index < -0.39 is 18.0 Å². The van der Waals surface area contributed by atoms with Crippen molar-refractivity contribution in [1.82, 2.24) is 9.88 Å². The van der Waals surface area contributed by atoms with E-state index in [1.807, 2.05) is 6.92 Å². The lowest BCUT2D eigenvalue weighted by atomic mass is 10.1. The molecule has 4 nitrogen and oxygen atoms in total. The molecule has 2 aromatic rings. The molecule has 0 bridgehead atoms. The van der Waals surface area contributed by atoms with Gasteiger partial charge >= 0.3 is 11.9 Å². The third-order valence-electron chi connectivity index (χ3n) is 3.09. The van der Waals surface area contributed by atoms with Gasteiger partial charge in [0.2, 0.25) is 0 Å². The summed E-state index contributed by atoms with van der Waals surface area (Å²) in [5.41, 5.74) is 0.702. The standard InChI is InChI=1S/C13H15F3N2O2/c1-3-6-18-9-5-4-8(7-10(9)20-12(18)19)11(17-2)13(14,15)16/h4-5,7,11,17H,3,6H2,1-2H3. The molecule has 20 heavy (non-hydrogen) atoms. The van der Waals surface area contributed by atoms with Crippen molar-refractivity contribution in [3.63, 3.8) is 0 Å². The topological polar surface area (TPSA) is 47.2 Å². The minimum absolute atomic E-state index is 0.0184. The van der Waals surface area contributed by atoms with Crippen LogP contribution in [0.3, 0.4) is 0 Å². The first-order valence-electron chi connectivity index (χ1n) is 6.25. The Morgan fingerprint density at radius 1 is 1.40 bits per heavy atom. The fraction of sp³-hybridized carbons (Fsp3) is 0.462. The number of oxazole rings is 1. The van der Waals surface area contributed by atoms with Gasteiger partial charge in [0, 0.05) is 6.54 Å². The van der Waals surface area contributed by atoms with E-state index in [2.05, 4.69) is 5.32 Å². The number of hydrogen-bond acceptors (Lipinski definition) is 3. The smallest absolute Gasteiger partial charge is 0.408 e. The number of benzene rings is 1. The average molecular weight is 288 g/mol. The summed E-state index contributed by atoms with van der Waals surface area (Å²) < 4.78 is 45.0. The summed E-state index contributed by atoms with van der Waals surface area (Å²) in [6, 6.07) is 2.32. The summed E-state index contributed by atoms with van der Waals surface area (Å²) in [4.78, 5) is 11.6. The molecule has 1 N–H and O–H groups in total. The predicted molar refractivity (Wildman–Crippen MR) is 68.6 cm³/mol. The molecule has 0 fully saturated rings. The zero-order valence-electron chi connectivity index (χ0n) is 11.1. The molecule has 0 aliphatic heterocycles. The van der Waals surface area contributed by atoms with Gasteiger partial charge in [-0.05, 0) is 31.2 Å². The molecular formula is C13H15F3N2O2. The second-order valence-electron chi connectivity index (χ2n) is 4.51. The Morgan fingerprint density at radius 3 is 2.65 bits per heavy atom. The first-order valence-corrected chi connectivity index (χ1v) is 6.25. The van der Waals surface area contributed by atoms with Gasteiger partial charge in [0.15, 0.2) is 5.58 Å². The maximum atomic E-state index is 12.9. The maximum absolute atomic E-state index is 12.9. The Bertz CT molecular complexity index is 658. The summed E-state index contributed by atoms with van der Waals surface area (Å²) in [5, 5.41) is 2.22. The summed E-state index contributed by atoms with van der Waals surface area (Å²) >= 11 is 0. The van der Waals surface area contributed by atoms with Crippen LogP contribution in [-0.4, -0.2) is 17.8 Å². The van der Waals surface area contributed by atoms with Crippen LogP contribution >= 0.6 is 0 Å². The fourth-order valence-corrected chi connectivity index (χ4v) is 2.22. The van der Waals surface area contributed by atoms with Crippen LogP contribution in [-0.2, 0) is 6.54 Å². The van der Waals surface area contributed by atoms with E-state index in [1.54, 1.807) is 0 Å². The van der Waals surface area contributed by atoms with Crippen LogP contribution in [0.15, 0.2) is 27.4 Å². The van der Waals surface area contributed by atoms with Gasteiger partial charge < -0.3 is 9.73 Å². The lowest BCUT2D eigenvalue weighted by Crippen LogP contribution is -2.31. The van der Waals surface area contributed by atoms with Crippen LogP contribution in [0, 0.1) is 0 Å². The normalized spacial score (nSPS) is 13.8. The number of fused-ring (bicyclic) bond motifs is 1. The molecule has 1 aromatic heterocycles. The van der Waals surface area contributed by atoms with Crippen molar-refractivity contribution in [3.8, 4) is 0 Å². The van der Waals surface area contributed by atoms with Gasteiger partial charge in [-0.15, -0.1) is 0 Å². The van der Waals surface area contributed by atoms with Gasteiger partial charge in [0.25, 0.3) is 0 Å². The number of alkyl halides is 3. The van der Waals surface area contributed by atoms with E-state index in [0.717, 1.165) is 6.42 Å². The Balaban J connectivity index is 2.52. The molecule has 1 unspecified atom stereocenters. The van der Waals surface area contributed by atoms with E-state index in [0.29, 0.717) is 12.1 Å². The number of aryl methyl sites for hydroxylation is 1. The molecular weight excluding hydrogens is 273 g/mol. The zero-order chi connectivity index (χ0) is 14.9. The van der Waals surface area contributed by atoms with Crippen molar-refractivity contribution < 1.29 is 17.6 Å². The molecule has 0 saturated carbocycles. The summed E-state index contributed by atoms with van der Waals surface area (Å²) in [6.07, 6.45) is -3.67. The van der Waals surface area contributed by atoms with Crippen LogP contribution < -0.4 is 11.1 Å². The Hall–Kier alpha value is -1.76. The monoisotopic (exact) mass is 288 g/mol. The third-order valence-corrected chi connectivity index (χ3v) is 3.09. The molecule has 0 radical (unpaired) electrons. The molecule has 1 atom stereocenters. The molecule has 0 aliphatic carbocycles. The third kappa shape index (κ3) is 2.58. The number of nitrogens with zero attached hydrogens (tertiary/aromatic N) is 1. The number of halogens is 3. The van der Waals surface area contributed by atoms with E-state index >= 15 is 0 Å². The van der Waals surface area contributed by atoms with Gasteiger partial charge in [-0.1, -0.05) is 13.0 Å². The summed E-state index contributed by atoms with van der Waals surface area (Å²) in [5.74, 6) is -0.549. The summed E-state index contributed by atoms with van der Waals surface area (Å²) in [6.45, 7) is 2.38. The minimum atomic E-state index is -4.41. The molecule has 110 valence electrons. The van der Waals surface area contributed by atoms with Crippen molar-refractivity contribution >= 4 is 11.1 Å². The minimum Gasteiger partial charge on any atom is -0.408 e. The molecule has 1 aromatic carbocycles. The lowest BCUT2D eigenvalue weighted by molar-refractivity contribution is -0.156. The van der Waals surface area contributed by atoms with E-state index in [1.165, 1.54) is 29.8 Å². The average Bonchev–Trinajstić information content (AvgIpc) is 2.65. The second kappa shape index (κ2) is 5.32. The molecule has 0 spiro atoms. The number of rotatable bonds is 4. The highest BCUT2D eigenvalue weighted by molar-refractivity contribution is 5.74. The van der Waals surface area contributed by atoms with Crippen LogP contribution in [0.1, 0.15) is 24.9 Å². The molecule has 1 heterocycles. The molecule has 0 saturated heterocycles. The van der Waals surface area contributed by atoms with Crippen molar-refractivity contribution in [3.05, 3.63) is 34.3 Å². The van der Waals surface area contributed by atoms with Crippen LogP contribution in [0.5, 0.6) is 0 Å². The predicted octanol–water partition coefficient (Wildman–Crippen LogP) is 2.83. The quantitative estimate of drug-likeness (QED) is 0.941. The zero-order valence-corrected chi connectivity index (χ0v) is 11.1. The van der Waals surface area contributed by atoms with Gasteiger partial charge in [-0.25, -0.2) is 4.79 Å². The van der Waals surface area contributed by atoms with Crippen molar-refractivity contribution in [2.24, 2.45) is 0 Å². The van der Waals surface area contributed by atoms with Crippen molar-refractivity contribution in [1.29, 1.82) is 0 Å². The van der Waals surface area contributed by atoms with E-state index in [-0.39, 0.29) is 11.1 Å². The number of hydrogen-bond donors (Lipinski definition) is 1. The number of aromatic nitrogens is 1. The first-order chi connectivity index (χ1) is 9.38. The molecule has 0 amide bonds. The Kier molecular flexibility index (Phi) is 3.89. The van der Waals surface area contributed by atoms with Crippen LogP contribution in [0.25, 0.3) is 11.1 Å². The van der Waals surface area contributed by atoms with Gasteiger partial charge in [-0.3, -0.25) is 4.57 Å². The molecule has 2 rings (SSSR count). The van der Waals surface area contributed by atoms with Crippen molar-refractivity contribution in [2.75, 3.05) is 7.05 Å². The SMILES string of the molecule is CCCn1c(=O)oc2cc(C(NC)C(F)(F)F)ccc21. The van der Waals surface area contributed by atoms with Gasteiger partial charge in [0.1, 0.15) is 6.04 Å². The van der Waals surface area contributed by atoms with Crippen LogP contribution in [0.2, 0.25) is 0 Å². The van der Waals surface area contributed by atoms with Crippen molar-refractivity contribution in [2.45, 2.75) is 32.1 Å². The maximum Gasteiger partial charge on any atom is 0.419 e. The second-order valence-corrected chi connectivity index (χ2v) is 4.51. The number of nitrogens with one attached hydrogen (secondary N) is 1. The summed E-state index contributed by atoms with van der Waals surface area (Å²) in [7, 11) is 1.24. The highest BCUT2D eigenvalue weighted by Gasteiger charge is 2.39. The fourth-order valence-electron chi connectivity index (χ4n) is 2.22. The molecule has 7 heteroatoms. The van der Waals surface area contributed by atoms with Gasteiger partial charge in [0.05, 0.1) is 5.52 Å². The van der Waals surface area contributed by atoms with Gasteiger partial charge in [-0.2, -0.15) is 13.2 Å². The Labute approximate surface area is 113 Å². The van der Waals surface area contributed by atoms with Crippen LogP contribution in [0.4, 0.5) is 13.2 Å². The van der Waals surface area contributed by atoms with E-state index in [4.69, 9.17) is 4.42 Å². The highest BCUT2D eigenvalue weighted by atomic mass is 19.4. The van der Waals surface area contributed by atoms with E-state index in [9.17, 15) is 18.0 Å². The largest absolute Gasteiger partial charge is 0.419 e. The molecule has 0 aliphatic rings.